The van der Waals surface area contributed by atoms with Crippen LogP contribution in [0.15, 0.2) is 29.8 Å². The van der Waals surface area contributed by atoms with Gasteiger partial charge in [0.15, 0.2) is 0 Å². The van der Waals surface area contributed by atoms with Crippen LogP contribution in [0.25, 0.3) is 0 Å². The highest BCUT2D eigenvalue weighted by Crippen LogP contribution is 2.17. The van der Waals surface area contributed by atoms with Crippen molar-refractivity contribution >= 4 is 15.9 Å². The molecule has 3 rings (SSSR count). The van der Waals surface area contributed by atoms with E-state index in [1.165, 1.54) is 27.6 Å². The molecule has 0 N–H and O–H groups in total. The molecule has 2 aromatic rings. The maximum atomic E-state index is 12.7. The lowest BCUT2D eigenvalue weighted by Gasteiger charge is -2.21. The molecule has 1 amide bonds. The summed E-state index contributed by atoms with van der Waals surface area (Å²) in [4.78, 5) is 18.4. The summed E-state index contributed by atoms with van der Waals surface area (Å²) in [5.41, 5.74) is 0.499. The summed E-state index contributed by atoms with van der Waals surface area (Å²) in [5.74, 6) is -0.129. The van der Waals surface area contributed by atoms with E-state index in [1.54, 1.807) is 29.9 Å². The molecule has 0 atom stereocenters. The summed E-state index contributed by atoms with van der Waals surface area (Å²) in [6.45, 7) is 1.51. The molecule has 0 unspecified atom stereocenters. The zero-order valence-electron chi connectivity index (χ0n) is 13.7. The number of imidazole rings is 1. The predicted molar refractivity (Wildman–Crippen MR) is 85.7 cm³/mol. The Bertz CT molecular complexity index is 840. The van der Waals surface area contributed by atoms with E-state index >= 15 is 0 Å². The first-order valence-electron chi connectivity index (χ1n) is 7.64. The molecule has 24 heavy (non-hydrogen) atoms. The maximum absolute atomic E-state index is 12.7. The minimum atomic E-state index is -3.58. The van der Waals surface area contributed by atoms with Crippen LogP contribution in [0.2, 0.25) is 0 Å². The zero-order valence-corrected chi connectivity index (χ0v) is 14.5. The molecule has 1 aliphatic rings. The van der Waals surface area contributed by atoms with Crippen LogP contribution in [0.4, 0.5) is 0 Å². The molecule has 10 heteroatoms. The van der Waals surface area contributed by atoms with Crippen molar-refractivity contribution in [2.75, 3.05) is 26.2 Å². The lowest BCUT2D eigenvalue weighted by Crippen LogP contribution is -2.37. The van der Waals surface area contributed by atoms with Gasteiger partial charge in [-0.05, 0) is 6.42 Å². The summed E-state index contributed by atoms with van der Waals surface area (Å²) in [7, 11) is -0.144. The molecule has 0 radical (unpaired) electrons. The van der Waals surface area contributed by atoms with Crippen molar-refractivity contribution < 1.29 is 13.2 Å². The van der Waals surface area contributed by atoms with Gasteiger partial charge in [0.2, 0.25) is 10.0 Å². The minimum absolute atomic E-state index is 0.129. The monoisotopic (exact) mass is 352 g/mol. The Morgan fingerprint density at radius 3 is 2.54 bits per heavy atom. The number of carbonyl (C=O) groups is 1. The second kappa shape index (κ2) is 6.36. The average Bonchev–Trinajstić information content (AvgIpc) is 3.07. The highest BCUT2D eigenvalue weighted by molar-refractivity contribution is 7.89. The number of aromatic nitrogens is 4. The Kier molecular flexibility index (Phi) is 4.41. The molecular weight excluding hydrogens is 332 g/mol. The number of hydrogen-bond donors (Lipinski definition) is 0. The number of sulfonamides is 1. The Hall–Kier alpha value is -2.20. The fourth-order valence-corrected chi connectivity index (χ4v) is 4.20. The Morgan fingerprint density at radius 2 is 1.92 bits per heavy atom. The standard InChI is InChI=1S/C14H20N6O3S/c1-17-11-15-9-13(17)14(21)19-4-3-5-20(7-6-19)24(22,23)12-8-16-18(2)10-12/h8-11H,3-7H2,1-2H3. The molecule has 0 saturated carbocycles. The van der Waals surface area contributed by atoms with Crippen LogP contribution in [0.3, 0.4) is 0 Å². The minimum Gasteiger partial charge on any atom is -0.336 e. The Morgan fingerprint density at radius 1 is 1.12 bits per heavy atom. The third-order valence-corrected chi connectivity index (χ3v) is 5.95. The highest BCUT2D eigenvalue weighted by Gasteiger charge is 2.29. The second-order valence-corrected chi connectivity index (χ2v) is 7.73. The van der Waals surface area contributed by atoms with Crippen molar-refractivity contribution in [2.45, 2.75) is 11.3 Å². The third-order valence-electron chi connectivity index (χ3n) is 4.10. The van der Waals surface area contributed by atoms with Gasteiger partial charge in [0.05, 0.1) is 18.7 Å². The lowest BCUT2D eigenvalue weighted by atomic mass is 10.3. The summed E-state index contributed by atoms with van der Waals surface area (Å²) >= 11 is 0. The molecule has 1 aliphatic heterocycles. The molecule has 2 aromatic heterocycles. The molecule has 9 nitrogen and oxygen atoms in total. The number of nitrogens with zero attached hydrogens (tertiary/aromatic N) is 6. The Labute approximate surface area is 140 Å². The van der Waals surface area contributed by atoms with Crippen molar-refractivity contribution in [3.8, 4) is 0 Å². The molecule has 3 heterocycles. The number of carbonyl (C=O) groups excluding carboxylic acids is 1. The van der Waals surface area contributed by atoms with Gasteiger partial charge in [0.1, 0.15) is 10.6 Å². The van der Waals surface area contributed by atoms with E-state index in [0.29, 0.717) is 31.7 Å². The largest absolute Gasteiger partial charge is 0.336 e. The third kappa shape index (κ3) is 3.06. The first kappa shape index (κ1) is 16.7. The van der Waals surface area contributed by atoms with E-state index in [0.717, 1.165) is 0 Å². The van der Waals surface area contributed by atoms with Crippen LogP contribution in [0.1, 0.15) is 16.9 Å². The van der Waals surface area contributed by atoms with E-state index < -0.39 is 10.0 Å². The van der Waals surface area contributed by atoms with E-state index in [-0.39, 0.29) is 17.3 Å². The molecule has 0 aromatic carbocycles. The van der Waals surface area contributed by atoms with Crippen LogP contribution in [0.5, 0.6) is 0 Å². The maximum Gasteiger partial charge on any atom is 0.272 e. The summed E-state index contributed by atoms with van der Waals surface area (Å²) in [6.07, 6.45) is 6.52. The SMILES string of the molecule is Cn1cc(S(=O)(=O)N2CCCN(C(=O)c3cncn3C)CC2)cn1. The molecule has 1 fully saturated rings. The molecule has 0 bridgehead atoms. The predicted octanol–water partition coefficient (Wildman–Crippen LogP) is -0.310. The fourth-order valence-electron chi connectivity index (χ4n) is 2.74. The van der Waals surface area contributed by atoms with Crippen LogP contribution in [-0.4, -0.2) is 69.0 Å². The lowest BCUT2D eigenvalue weighted by molar-refractivity contribution is 0.0754. The zero-order chi connectivity index (χ0) is 17.3. The number of aryl methyl sites for hydroxylation is 2. The molecule has 0 spiro atoms. The van der Waals surface area contributed by atoms with Crippen molar-refractivity contribution in [1.82, 2.24) is 28.5 Å². The van der Waals surface area contributed by atoms with Gasteiger partial charge in [0.25, 0.3) is 5.91 Å². The van der Waals surface area contributed by atoms with Crippen molar-refractivity contribution in [3.05, 3.63) is 30.6 Å². The van der Waals surface area contributed by atoms with Crippen LogP contribution in [-0.2, 0) is 24.1 Å². The first-order valence-corrected chi connectivity index (χ1v) is 9.08. The molecule has 130 valence electrons. The van der Waals surface area contributed by atoms with Crippen molar-refractivity contribution in [1.29, 1.82) is 0 Å². The highest BCUT2D eigenvalue weighted by atomic mass is 32.2. The molecule has 1 saturated heterocycles. The number of rotatable bonds is 3. The van der Waals surface area contributed by atoms with Crippen LogP contribution in [0, 0.1) is 0 Å². The van der Waals surface area contributed by atoms with Gasteiger partial charge in [-0.3, -0.25) is 9.48 Å². The second-order valence-electron chi connectivity index (χ2n) is 5.79. The van der Waals surface area contributed by atoms with Crippen LogP contribution >= 0.6 is 0 Å². The van der Waals surface area contributed by atoms with Gasteiger partial charge < -0.3 is 9.47 Å². The Balaban J connectivity index is 1.73. The average molecular weight is 352 g/mol. The molecule has 0 aliphatic carbocycles. The van der Waals surface area contributed by atoms with Gasteiger partial charge in [-0.25, -0.2) is 13.4 Å². The van der Waals surface area contributed by atoms with E-state index in [9.17, 15) is 13.2 Å². The van der Waals surface area contributed by atoms with Gasteiger partial charge in [0, 0.05) is 46.5 Å². The van der Waals surface area contributed by atoms with E-state index in [4.69, 9.17) is 0 Å². The summed E-state index contributed by atoms with van der Waals surface area (Å²) < 4.78 is 29.9. The fraction of sp³-hybridized carbons (Fsp3) is 0.500. The summed E-state index contributed by atoms with van der Waals surface area (Å²) in [6, 6.07) is 0. The van der Waals surface area contributed by atoms with E-state index in [1.807, 2.05) is 0 Å². The van der Waals surface area contributed by atoms with E-state index in [2.05, 4.69) is 10.1 Å². The number of amides is 1. The first-order chi connectivity index (χ1) is 11.4. The summed E-state index contributed by atoms with van der Waals surface area (Å²) in [5, 5.41) is 3.92. The van der Waals surface area contributed by atoms with Gasteiger partial charge >= 0.3 is 0 Å². The van der Waals surface area contributed by atoms with Crippen LogP contribution < -0.4 is 0 Å². The van der Waals surface area contributed by atoms with Crippen molar-refractivity contribution in [2.24, 2.45) is 14.1 Å². The van der Waals surface area contributed by atoms with Gasteiger partial charge in [-0.15, -0.1) is 0 Å². The van der Waals surface area contributed by atoms with Gasteiger partial charge in [-0.1, -0.05) is 0 Å². The molecular formula is C14H20N6O3S. The quantitative estimate of drug-likeness (QED) is 0.755. The normalized spacial score (nSPS) is 17.0. The smallest absolute Gasteiger partial charge is 0.272 e. The topological polar surface area (TPSA) is 93.3 Å². The van der Waals surface area contributed by atoms with Gasteiger partial charge in [-0.2, -0.15) is 9.40 Å². The van der Waals surface area contributed by atoms with Crippen molar-refractivity contribution in [3.63, 3.8) is 0 Å². The number of hydrogen-bond acceptors (Lipinski definition) is 5.